The fourth-order valence-corrected chi connectivity index (χ4v) is 4.23. The minimum absolute atomic E-state index is 0.0879. The Labute approximate surface area is 158 Å². The molecule has 0 saturated heterocycles. The quantitative estimate of drug-likeness (QED) is 0.575. The van der Waals surface area contributed by atoms with Crippen LogP contribution < -0.4 is 4.74 Å². The van der Waals surface area contributed by atoms with E-state index < -0.39 is 5.82 Å². The maximum atomic E-state index is 14.3. The summed E-state index contributed by atoms with van der Waals surface area (Å²) in [6.45, 7) is 3.12. The van der Waals surface area contributed by atoms with Crippen LogP contribution in [0, 0.1) is 5.82 Å². The van der Waals surface area contributed by atoms with Crippen molar-refractivity contribution in [2.24, 2.45) is 0 Å². The lowest BCUT2D eigenvalue weighted by Crippen LogP contribution is -2.33. The molecule has 1 aliphatic heterocycles. The van der Waals surface area contributed by atoms with Crippen molar-refractivity contribution in [1.82, 2.24) is 14.7 Å². The summed E-state index contributed by atoms with van der Waals surface area (Å²) < 4.78 is 22.2. The van der Waals surface area contributed by atoms with Crippen molar-refractivity contribution in [3.8, 4) is 5.75 Å². The molecule has 0 aliphatic carbocycles. The number of fused-ring (bicyclic) bond motifs is 3. The Bertz CT molecular complexity index is 942. The Morgan fingerprint density at radius 3 is 2.76 bits per heavy atom. The minimum Gasteiger partial charge on any atom is -0.497 e. The van der Waals surface area contributed by atoms with Crippen molar-refractivity contribution in [2.75, 3.05) is 13.7 Å². The summed E-state index contributed by atoms with van der Waals surface area (Å²) in [5.74, 6) is 0.395. The van der Waals surface area contributed by atoms with Gasteiger partial charge in [0.2, 0.25) is 0 Å². The Kier molecular flexibility index (Phi) is 4.43. The van der Waals surface area contributed by atoms with Gasteiger partial charge in [-0.2, -0.15) is 5.10 Å². The van der Waals surface area contributed by atoms with Crippen LogP contribution in [0.15, 0.2) is 34.8 Å². The summed E-state index contributed by atoms with van der Waals surface area (Å²) in [7, 11) is 1.66. The molecule has 2 aromatic carbocycles. The maximum absolute atomic E-state index is 14.3. The molecule has 0 saturated carbocycles. The lowest BCUT2D eigenvalue weighted by Gasteiger charge is -2.28. The van der Waals surface area contributed by atoms with Gasteiger partial charge in [0.15, 0.2) is 5.82 Å². The molecule has 25 heavy (non-hydrogen) atoms. The number of methoxy groups -OCH3 is 1. The van der Waals surface area contributed by atoms with E-state index >= 15 is 0 Å². The topological polar surface area (TPSA) is 30.3 Å². The number of hydrogen-bond acceptors (Lipinski definition) is 3. The predicted molar refractivity (Wildman–Crippen MR) is 99.5 cm³/mol. The highest BCUT2D eigenvalue weighted by atomic mass is 79.9. The smallest absolute Gasteiger partial charge is 0.169 e. The van der Waals surface area contributed by atoms with Crippen molar-refractivity contribution in [2.45, 2.75) is 19.6 Å². The third-order valence-electron chi connectivity index (χ3n) is 4.53. The van der Waals surface area contributed by atoms with Crippen molar-refractivity contribution in [3.63, 3.8) is 0 Å². The number of nitrogens with zero attached hydrogens (tertiary/aromatic N) is 3. The summed E-state index contributed by atoms with van der Waals surface area (Å²) in [4.78, 5) is 2.33. The first-order valence-corrected chi connectivity index (χ1v) is 9.12. The largest absolute Gasteiger partial charge is 0.497 e. The summed E-state index contributed by atoms with van der Waals surface area (Å²) in [6.07, 6.45) is 0. The SMILES string of the molecule is COc1ccc(CN2CCn3nc4c(F)c(Cl)cc(Br)c4c3C2)cc1. The van der Waals surface area contributed by atoms with Crippen LogP contribution >= 0.6 is 27.5 Å². The number of aromatic nitrogens is 2. The Morgan fingerprint density at radius 2 is 2.04 bits per heavy atom. The fourth-order valence-electron chi connectivity index (χ4n) is 3.26. The second-order valence-electron chi connectivity index (χ2n) is 6.11. The normalized spacial score (nSPS) is 14.7. The molecule has 0 unspecified atom stereocenters. The first-order chi connectivity index (χ1) is 12.1. The highest BCUT2D eigenvalue weighted by Gasteiger charge is 2.24. The second kappa shape index (κ2) is 6.59. The molecular formula is C18H16BrClFN3O. The van der Waals surface area contributed by atoms with E-state index in [4.69, 9.17) is 16.3 Å². The first kappa shape index (κ1) is 16.8. The molecule has 7 heteroatoms. The number of ether oxygens (including phenoxy) is 1. The van der Waals surface area contributed by atoms with Crippen molar-refractivity contribution < 1.29 is 9.13 Å². The number of halogens is 3. The van der Waals surface area contributed by atoms with E-state index in [0.717, 1.165) is 40.9 Å². The summed E-state index contributed by atoms with van der Waals surface area (Å²) in [5.41, 5.74) is 2.56. The molecule has 0 bridgehead atoms. The van der Waals surface area contributed by atoms with Crippen molar-refractivity contribution >= 4 is 38.4 Å². The zero-order valence-electron chi connectivity index (χ0n) is 13.6. The van der Waals surface area contributed by atoms with Gasteiger partial charge in [-0.15, -0.1) is 0 Å². The van der Waals surface area contributed by atoms with Crippen LogP contribution in [0.1, 0.15) is 11.3 Å². The van der Waals surface area contributed by atoms with Gasteiger partial charge in [0, 0.05) is 29.5 Å². The van der Waals surface area contributed by atoms with Gasteiger partial charge in [0.05, 0.1) is 24.4 Å². The average Bonchev–Trinajstić information content (AvgIpc) is 3.00. The molecule has 0 spiro atoms. The fraction of sp³-hybridized carbons (Fsp3) is 0.278. The molecule has 4 rings (SSSR count). The van der Waals surface area contributed by atoms with Crippen molar-refractivity contribution in [1.29, 1.82) is 0 Å². The Balaban J connectivity index is 1.64. The van der Waals surface area contributed by atoms with Crippen LogP contribution in [-0.2, 0) is 19.6 Å². The average molecular weight is 425 g/mol. The van der Waals surface area contributed by atoms with E-state index in [1.54, 1.807) is 13.2 Å². The molecule has 130 valence electrons. The van der Waals surface area contributed by atoms with Gasteiger partial charge in [0.1, 0.15) is 11.3 Å². The van der Waals surface area contributed by atoms with Crippen LogP contribution in [-0.4, -0.2) is 28.3 Å². The van der Waals surface area contributed by atoms with E-state index in [1.165, 1.54) is 5.56 Å². The molecular weight excluding hydrogens is 409 g/mol. The van der Waals surface area contributed by atoms with Gasteiger partial charge in [-0.25, -0.2) is 4.39 Å². The third-order valence-corrected chi connectivity index (χ3v) is 5.43. The molecule has 0 radical (unpaired) electrons. The Hall–Kier alpha value is -1.63. The summed E-state index contributed by atoms with van der Waals surface area (Å²) >= 11 is 9.45. The molecule has 1 aliphatic rings. The molecule has 3 aromatic rings. The van der Waals surface area contributed by atoms with Crippen molar-refractivity contribution in [3.05, 3.63) is 56.9 Å². The molecule has 0 amide bonds. The second-order valence-corrected chi connectivity index (χ2v) is 7.37. The van der Waals surface area contributed by atoms with E-state index in [-0.39, 0.29) is 5.02 Å². The van der Waals surface area contributed by atoms with Crippen LogP contribution in [0.2, 0.25) is 5.02 Å². The lowest BCUT2D eigenvalue weighted by atomic mass is 10.1. The molecule has 0 atom stereocenters. The number of hydrogen-bond donors (Lipinski definition) is 0. The number of rotatable bonds is 3. The van der Waals surface area contributed by atoms with E-state index in [2.05, 4.69) is 38.1 Å². The zero-order valence-corrected chi connectivity index (χ0v) is 15.9. The minimum atomic E-state index is -0.455. The summed E-state index contributed by atoms with van der Waals surface area (Å²) in [5, 5.41) is 5.32. The van der Waals surface area contributed by atoms with Gasteiger partial charge in [-0.3, -0.25) is 9.58 Å². The van der Waals surface area contributed by atoms with Gasteiger partial charge in [-0.05, 0) is 39.7 Å². The molecule has 0 N–H and O–H groups in total. The lowest BCUT2D eigenvalue weighted by molar-refractivity contribution is 0.206. The highest BCUT2D eigenvalue weighted by molar-refractivity contribution is 9.10. The van der Waals surface area contributed by atoms with Gasteiger partial charge < -0.3 is 4.74 Å². The van der Waals surface area contributed by atoms with E-state index in [9.17, 15) is 4.39 Å². The first-order valence-electron chi connectivity index (χ1n) is 7.95. The predicted octanol–water partition coefficient (Wildman–Crippen LogP) is 4.62. The highest BCUT2D eigenvalue weighted by Crippen LogP contribution is 2.35. The summed E-state index contributed by atoms with van der Waals surface area (Å²) in [6, 6.07) is 9.67. The van der Waals surface area contributed by atoms with E-state index in [1.807, 2.05) is 16.8 Å². The van der Waals surface area contributed by atoms with Crippen LogP contribution in [0.4, 0.5) is 4.39 Å². The standard InChI is InChI=1S/C18H16BrClFN3O/c1-25-12-4-2-11(3-5-12)9-23-6-7-24-15(10-23)16-13(19)8-14(20)17(21)18(16)22-24/h2-5,8H,6-7,9-10H2,1H3. The zero-order chi connectivity index (χ0) is 17.6. The molecule has 1 aromatic heterocycles. The maximum Gasteiger partial charge on any atom is 0.169 e. The van der Waals surface area contributed by atoms with Crippen LogP contribution in [0.5, 0.6) is 5.75 Å². The molecule has 2 heterocycles. The number of benzene rings is 2. The Morgan fingerprint density at radius 1 is 1.28 bits per heavy atom. The van der Waals surface area contributed by atoms with Gasteiger partial charge in [0.25, 0.3) is 0 Å². The van der Waals surface area contributed by atoms with Gasteiger partial charge in [-0.1, -0.05) is 23.7 Å². The van der Waals surface area contributed by atoms with Crippen LogP contribution in [0.25, 0.3) is 10.9 Å². The van der Waals surface area contributed by atoms with E-state index in [0.29, 0.717) is 12.1 Å². The molecule has 4 nitrogen and oxygen atoms in total. The van der Waals surface area contributed by atoms with Gasteiger partial charge >= 0.3 is 0 Å². The van der Waals surface area contributed by atoms with Crippen LogP contribution in [0.3, 0.4) is 0 Å². The monoisotopic (exact) mass is 423 g/mol. The molecule has 0 fully saturated rings. The third kappa shape index (κ3) is 3.03.